The molecule has 3 aromatic carbocycles. The van der Waals surface area contributed by atoms with Crippen molar-refractivity contribution >= 4 is 38.5 Å². The number of carbonyl (C=O) groups is 2. The minimum Gasteiger partial charge on any atom is -0.492 e. The Labute approximate surface area is 202 Å². The molecular weight excluding hydrogens is 484 g/mol. The van der Waals surface area contributed by atoms with Crippen molar-refractivity contribution in [2.75, 3.05) is 6.61 Å². The molecule has 0 aliphatic heterocycles. The fourth-order valence-corrected chi connectivity index (χ4v) is 3.75. The number of carbonyl (C=O) groups excluding carboxylic acids is 2. The van der Waals surface area contributed by atoms with Crippen LogP contribution in [0.15, 0.2) is 65.1 Å². The Balaban J connectivity index is 1.48. The van der Waals surface area contributed by atoms with E-state index in [-0.39, 0.29) is 0 Å². The normalized spacial score (nSPS) is 11.6. The molecule has 6 nitrogen and oxygen atoms in total. The van der Waals surface area contributed by atoms with E-state index in [4.69, 9.17) is 9.47 Å². The average Bonchev–Trinajstić information content (AvgIpc) is 2.82. The van der Waals surface area contributed by atoms with Gasteiger partial charge in [-0.3, -0.25) is 20.4 Å². The van der Waals surface area contributed by atoms with Gasteiger partial charge in [-0.15, -0.1) is 0 Å². The summed E-state index contributed by atoms with van der Waals surface area (Å²) in [6.45, 7) is 4.43. The summed E-state index contributed by atoms with van der Waals surface area (Å²) < 4.78 is 12.2. The van der Waals surface area contributed by atoms with Crippen LogP contribution in [0.25, 0.3) is 10.8 Å². The lowest BCUT2D eigenvalue weighted by Gasteiger charge is -2.16. The van der Waals surface area contributed by atoms with Crippen LogP contribution < -0.4 is 20.3 Å². The number of hydrogen-bond donors (Lipinski definition) is 2. The van der Waals surface area contributed by atoms with E-state index in [2.05, 4.69) is 33.7 Å². The van der Waals surface area contributed by atoms with Crippen LogP contribution in [0, 0.1) is 0 Å². The predicted octanol–water partition coefficient (Wildman–Crippen LogP) is 5.79. The number of unbranched alkanes of at least 4 members (excludes halogenated alkanes) is 3. The third kappa shape index (κ3) is 7.22. The highest BCUT2D eigenvalue weighted by molar-refractivity contribution is 9.10. The lowest BCUT2D eigenvalue weighted by molar-refractivity contribution is -0.128. The first kappa shape index (κ1) is 24.6. The van der Waals surface area contributed by atoms with Crippen molar-refractivity contribution in [3.63, 3.8) is 0 Å². The number of ether oxygens (including phenoxy) is 2. The minimum atomic E-state index is -0.790. The fourth-order valence-electron chi connectivity index (χ4n) is 3.26. The molecule has 0 bridgehead atoms. The molecule has 3 rings (SSSR count). The smallest absolute Gasteiger partial charge is 0.279 e. The van der Waals surface area contributed by atoms with Crippen LogP contribution in [0.3, 0.4) is 0 Å². The summed E-state index contributed by atoms with van der Waals surface area (Å²) in [6.07, 6.45) is 3.71. The highest BCUT2D eigenvalue weighted by Crippen LogP contribution is 2.26. The molecule has 2 N–H and O–H groups in total. The Bertz CT molecular complexity index is 1100. The van der Waals surface area contributed by atoms with Gasteiger partial charge in [-0.05, 0) is 70.4 Å². The lowest BCUT2D eigenvalue weighted by atomic mass is 10.1. The maximum absolute atomic E-state index is 12.4. The van der Waals surface area contributed by atoms with Crippen molar-refractivity contribution in [3.8, 4) is 11.5 Å². The average molecular weight is 513 g/mol. The van der Waals surface area contributed by atoms with Crippen LogP contribution in [0.5, 0.6) is 11.5 Å². The number of rotatable bonds is 10. The molecule has 0 unspecified atom stereocenters. The second-order valence-corrected chi connectivity index (χ2v) is 8.62. The van der Waals surface area contributed by atoms with E-state index in [1.807, 2.05) is 42.5 Å². The SMILES string of the molecule is CCCCCCOc1ccc(C(=O)NNC(=O)[C@H](C)Oc2ccc3ccccc3c2)cc1Br. The number of amides is 2. The summed E-state index contributed by atoms with van der Waals surface area (Å²) in [5.74, 6) is 0.375. The van der Waals surface area contributed by atoms with Crippen LogP contribution >= 0.6 is 15.9 Å². The molecule has 0 fully saturated rings. The summed E-state index contributed by atoms with van der Waals surface area (Å²) in [5, 5.41) is 2.11. The number of halogens is 1. The summed E-state index contributed by atoms with van der Waals surface area (Å²) in [5.41, 5.74) is 5.24. The maximum Gasteiger partial charge on any atom is 0.279 e. The second kappa shape index (κ2) is 12.3. The molecule has 33 heavy (non-hydrogen) atoms. The quantitative estimate of drug-likeness (QED) is 0.266. The Morgan fingerprint density at radius 2 is 1.73 bits per heavy atom. The summed E-state index contributed by atoms with van der Waals surface area (Å²) in [7, 11) is 0. The molecular formula is C26H29BrN2O4. The summed E-state index contributed by atoms with van der Waals surface area (Å²) in [6, 6.07) is 18.6. The van der Waals surface area contributed by atoms with Gasteiger partial charge in [-0.25, -0.2) is 0 Å². The van der Waals surface area contributed by atoms with E-state index in [0.29, 0.717) is 28.1 Å². The molecule has 0 saturated heterocycles. The second-order valence-electron chi connectivity index (χ2n) is 7.77. The van der Waals surface area contributed by atoms with Crippen LogP contribution in [0.2, 0.25) is 0 Å². The molecule has 0 aliphatic rings. The molecule has 0 aromatic heterocycles. The topological polar surface area (TPSA) is 76.7 Å². The first-order valence-electron chi connectivity index (χ1n) is 11.2. The van der Waals surface area contributed by atoms with Gasteiger partial charge in [0.25, 0.3) is 11.8 Å². The number of hydrazine groups is 1. The van der Waals surface area contributed by atoms with Crippen LogP contribution in [0.1, 0.15) is 49.9 Å². The molecule has 3 aromatic rings. The minimum absolute atomic E-state index is 0.392. The van der Waals surface area contributed by atoms with E-state index < -0.39 is 17.9 Å². The van der Waals surface area contributed by atoms with Gasteiger partial charge in [-0.2, -0.15) is 0 Å². The highest BCUT2D eigenvalue weighted by Gasteiger charge is 2.17. The Morgan fingerprint density at radius 1 is 0.939 bits per heavy atom. The molecule has 7 heteroatoms. The predicted molar refractivity (Wildman–Crippen MR) is 133 cm³/mol. The van der Waals surface area contributed by atoms with Gasteiger partial charge in [0.2, 0.25) is 0 Å². The van der Waals surface area contributed by atoms with Crippen molar-refractivity contribution in [1.29, 1.82) is 0 Å². The molecule has 0 spiro atoms. The zero-order valence-corrected chi connectivity index (χ0v) is 20.5. The van der Waals surface area contributed by atoms with Crippen molar-refractivity contribution in [2.24, 2.45) is 0 Å². The van der Waals surface area contributed by atoms with E-state index in [1.54, 1.807) is 25.1 Å². The van der Waals surface area contributed by atoms with Gasteiger partial charge >= 0.3 is 0 Å². The molecule has 2 amide bonds. The number of benzene rings is 3. The van der Waals surface area contributed by atoms with Crippen molar-refractivity contribution < 1.29 is 19.1 Å². The third-order valence-electron chi connectivity index (χ3n) is 5.15. The van der Waals surface area contributed by atoms with Gasteiger partial charge in [0.1, 0.15) is 11.5 Å². The fraction of sp³-hybridized carbons (Fsp3) is 0.308. The van der Waals surface area contributed by atoms with Crippen LogP contribution in [-0.2, 0) is 4.79 Å². The summed E-state index contributed by atoms with van der Waals surface area (Å²) in [4.78, 5) is 24.8. The monoisotopic (exact) mass is 512 g/mol. The number of nitrogens with one attached hydrogen (secondary N) is 2. The number of hydrogen-bond acceptors (Lipinski definition) is 4. The third-order valence-corrected chi connectivity index (χ3v) is 5.77. The van der Waals surface area contributed by atoms with Gasteiger partial charge in [0, 0.05) is 5.56 Å². The first-order valence-corrected chi connectivity index (χ1v) is 11.9. The molecule has 0 aliphatic carbocycles. The number of fused-ring (bicyclic) bond motifs is 1. The van der Waals surface area contributed by atoms with E-state index >= 15 is 0 Å². The van der Waals surface area contributed by atoms with Crippen molar-refractivity contribution in [2.45, 2.75) is 45.6 Å². The van der Waals surface area contributed by atoms with E-state index in [0.717, 1.165) is 23.6 Å². The van der Waals surface area contributed by atoms with Crippen LogP contribution in [-0.4, -0.2) is 24.5 Å². The molecule has 0 saturated carbocycles. The standard InChI is InChI=1S/C26H29BrN2O4/c1-3-4-5-8-15-32-24-14-12-21(17-23(24)27)26(31)29-28-25(30)18(2)33-22-13-11-19-9-6-7-10-20(19)16-22/h6-7,9-14,16-18H,3-5,8,15H2,1-2H3,(H,28,30)(H,29,31)/t18-/m0/s1. The zero-order valence-electron chi connectivity index (χ0n) is 18.9. The Kier molecular flexibility index (Phi) is 9.13. The molecule has 174 valence electrons. The van der Waals surface area contributed by atoms with Crippen LogP contribution in [0.4, 0.5) is 0 Å². The first-order chi connectivity index (χ1) is 16.0. The van der Waals surface area contributed by atoms with Gasteiger partial charge < -0.3 is 9.47 Å². The molecule has 0 heterocycles. The lowest BCUT2D eigenvalue weighted by Crippen LogP contribution is -2.47. The molecule has 0 radical (unpaired) electrons. The maximum atomic E-state index is 12.4. The van der Waals surface area contributed by atoms with E-state index in [1.165, 1.54) is 12.8 Å². The van der Waals surface area contributed by atoms with Gasteiger partial charge in [-0.1, -0.05) is 56.5 Å². The highest BCUT2D eigenvalue weighted by atomic mass is 79.9. The van der Waals surface area contributed by atoms with E-state index in [9.17, 15) is 9.59 Å². The Morgan fingerprint density at radius 3 is 2.48 bits per heavy atom. The van der Waals surface area contributed by atoms with Gasteiger partial charge in [0.05, 0.1) is 11.1 Å². The molecule has 1 atom stereocenters. The largest absolute Gasteiger partial charge is 0.492 e. The van der Waals surface area contributed by atoms with Gasteiger partial charge in [0.15, 0.2) is 6.10 Å². The van der Waals surface area contributed by atoms with Crippen molar-refractivity contribution in [1.82, 2.24) is 10.9 Å². The zero-order chi connectivity index (χ0) is 23.6. The Hall–Kier alpha value is -3.06. The summed E-state index contributed by atoms with van der Waals surface area (Å²) >= 11 is 3.44. The van der Waals surface area contributed by atoms with Crippen molar-refractivity contribution in [3.05, 3.63) is 70.7 Å².